The van der Waals surface area contributed by atoms with Gasteiger partial charge in [-0.1, -0.05) is 0 Å². The summed E-state index contributed by atoms with van der Waals surface area (Å²) in [5.41, 5.74) is 0.717. The molecule has 0 bridgehead atoms. The Morgan fingerprint density at radius 3 is 2.56 bits per heavy atom. The Hall–Kier alpha value is -1.99. The number of pyridine rings is 2. The molecule has 0 saturated heterocycles. The first-order valence-electron chi connectivity index (χ1n) is 5.05. The van der Waals surface area contributed by atoms with Crippen molar-refractivity contribution in [3.63, 3.8) is 0 Å². The highest BCUT2D eigenvalue weighted by Crippen LogP contribution is 2.21. The second kappa shape index (κ2) is 4.71. The molecule has 0 aromatic carbocycles. The van der Waals surface area contributed by atoms with E-state index < -0.39 is 10.0 Å². The third kappa shape index (κ3) is 2.82. The summed E-state index contributed by atoms with van der Waals surface area (Å²) < 4.78 is 27.6. The minimum atomic E-state index is -3.73. The van der Waals surface area contributed by atoms with E-state index in [2.05, 4.69) is 9.97 Å². The summed E-state index contributed by atoms with van der Waals surface area (Å²) in [4.78, 5) is 7.88. The van der Waals surface area contributed by atoms with Crippen molar-refractivity contribution in [1.29, 1.82) is 0 Å². The maximum atomic E-state index is 11.0. The number of hydrogen-bond acceptors (Lipinski definition) is 5. The zero-order valence-corrected chi connectivity index (χ0v) is 10.4. The summed E-state index contributed by atoms with van der Waals surface area (Å²) in [5, 5.41) is 4.96. The molecule has 2 rings (SSSR count). The van der Waals surface area contributed by atoms with E-state index in [1.807, 2.05) is 0 Å². The van der Waals surface area contributed by atoms with Crippen molar-refractivity contribution in [3.05, 3.63) is 42.4 Å². The first-order valence-corrected chi connectivity index (χ1v) is 6.60. The second-order valence-electron chi connectivity index (χ2n) is 3.57. The maximum absolute atomic E-state index is 11.0. The number of primary sulfonamides is 1. The number of rotatable bonds is 3. The van der Waals surface area contributed by atoms with Crippen molar-refractivity contribution in [2.45, 2.75) is 11.8 Å². The molecule has 2 N–H and O–H groups in total. The SMILES string of the molecule is Cc1ncccc1Oc1ccc(S(N)(=O)=O)cn1. The Bertz CT molecular complexity index is 653. The van der Waals surface area contributed by atoms with E-state index in [0.717, 1.165) is 11.9 Å². The number of sulfonamides is 1. The fourth-order valence-electron chi connectivity index (χ4n) is 1.29. The summed E-state index contributed by atoms with van der Waals surface area (Å²) in [5.74, 6) is 0.840. The minimum absolute atomic E-state index is 0.0576. The summed E-state index contributed by atoms with van der Waals surface area (Å²) in [6, 6.07) is 6.26. The number of nitrogens with zero attached hydrogens (tertiary/aromatic N) is 2. The molecule has 0 saturated carbocycles. The van der Waals surface area contributed by atoms with Crippen molar-refractivity contribution < 1.29 is 13.2 Å². The van der Waals surface area contributed by atoms with Crippen molar-refractivity contribution in [3.8, 4) is 11.6 Å². The van der Waals surface area contributed by atoms with Gasteiger partial charge in [0.05, 0.1) is 11.9 Å². The highest BCUT2D eigenvalue weighted by molar-refractivity contribution is 7.89. The fourth-order valence-corrected chi connectivity index (χ4v) is 1.74. The lowest BCUT2D eigenvalue weighted by Gasteiger charge is -2.06. The molecule has 2 aromatic rings. The quantitative estimate of drug-likeness (QED) is 0.900. The minimum Gasteiger partial charge on any atom is -0.437 e. The van der Waals surface area contributed by atoms with E-state index in [1.54, 1.807) is 25.3 Å². The predicted octanol–water partition coefficient (Wildman–Crippen LogP) is 1.22. The van der Waals surface area contributed by atoms with Crippen LogP contribution in [0.2, 0.25) is 0 Å². The van der Waals surface area contributed by atoms with Crippen molar-refractivity contribution in [1.82, 2.24) is 9.97 Å². The molecule has 2 aromatic heterocycles. The zero-order chi connectivity index (χ0) is 13.2. The van der Waals surface area contributed by atoms with Crippen LogP contribution in [-0.4, -0.2) is 18.4 Å². The molecule has 0 unspecified atom stereocenters. The smallest absolute Gasteiger partial charge is 0.239 e. The van der Waals surface area contributed by atoms with E-state index in [9.17, 15) is 8.42 Å². The lowest BCUT2D eigenvalue weighted by molar-refractivity contribution is 0.455. The molecule has 0 atom stereocenters. The molecule has 0 aliphatic rings. The van der Waals surface area contributed by atoms with Crippen LogP contribution in [0.4, 0.5) is 0 Å². The summed E-state index contributed by atoms with van der Waals surface area (Å²) in [7, 11) is -3.73. The molecule has 0 radical (unpaired) electrons. The lowest BCUT2D eigenvalue weighted by atomic mass is 10.3. The first kappa shape index (κ1) is 12.5. The molecule has 0 aliphatic carbocycles. The number of aryl methyl sites for hydroxylation is 1. The van der Waals surface area contributed by atoms with E-state index in [4.69, 9.17) is 9.88 Å². The molecule has 94 valence electrons. The van der Waals surface area contributed by atoms with Crippen molar-refractivity contribution >= 4 is 10.0 Å². The van der Waals surface area contributed by atoms with Crippen LogP contribution in [0.5, 0.6) is 11.6 Å². The van der Waals surface area contributed by atoms with Crippen LogP contribution in [0.3, 0.4) is 0 Å². The third-order valence-electron chi connectivity index (χ3n) is 2.21. The van der Waals surface area contributed by atoms with E-state index in [1.165, 1.54) is 12.1 Å². The number of ether oxygens (including phenoxy) is 1. The highest BCUT2D eigenvalue weighted by Gasteiger charge is 2.09. The van der Waals surface area contributed by atoms with Gasteiger partial charge in [0, 0.05) is 12.3 Å². The molecular formula is C11H11N3O3S. The first-order chi connectivity index (χ1) is 8.47. The summed E-state index contributed by atoms with van der Waals surface area (Å²) in [6.45, 7) is 1.80. The average molecular weight is 265 g/mol. The molecule has 0 spiro atoms. The van der Waals surface area contributed by atoms with Crippen LogP contribution in [0, 0.1) is 6.92 Å². The summed E-state index contributed by atoms with van der Waals surface area (Å²) in [6.07, 6.45) is 2.80. The van der Waals surface area contributed by atoms with Gasteiger partial charge in [0.15, 0.2) is 5.75 Å². The van der Waals surface area contributed by atoms with Crippen molar-refractivity contribution in [2.75, 3.05) is 0 Å². The lowest BCUT2D eigenvalue weighted by Crippen LogP contribution is -2.12. The van der Waals surface area contributed by atoms with Gasteiger partial charge in [-0.3, -0.25) is 4.98 Å². The molecule has 0 aliphatic heterocycles. The van der Waals surface area contributed by atoms with Gasteiger partial charge in [0.2, 0.25) is 15.9 Å². The zero-order valence-electron chi connectivity index (χ0n) is 9.57. The monoisotopic (exact) mass is 265 g/mol. The highest BCUT2D eigenvalue weighted by atomic mass is 32.2. The Balaban J connectivity index is 2.24. The van der Waals surface area contributed by atoms with Gasteiger partial charge in [-0.05, 0) is 25.1 Å². The van der Waals surface area contributed by atoms with Gasteiger partial charge < -0.3 is 4.74 Å². The average Bonchev–Trinajstić information content (AvgIpc) is 2.32. The summed E-state index contributed by atoms with van der Waals surface area (Å²) >= 11 is 0. The van der Waals surface area contributed by atoms with Crippen LogP contribution in [0.25, 0.3) is 0 Å². The van der Waals surface area contributed by atoms with Crippen LogP contribution in [0.1, 0.15) is 5.69 Å². The van der Waals surface area contributed by atoms with E-state index >= 15 is 0 Å². The largest absolute Gasteiger partial charge is 0.437 e. The second-order valence-corrected chi connectivity index (χ2v) is 5.13. The van der Waals surface area contributed by atoms with Crippen LogP contribution >= 0.6 is 0 Å². The fraction of sp³-hybridized carbons (Fsp3) is 0.0909. The van der Waals surface area contributed by atoms with Gasteiger partial charge in [-0.15, -0.1) is 0 Å². The van der Waals surface area contributed by atoms with Crippen LogP contribution < -0.4 is 9.88 Å². The Labute approximate surface area is 105 Å². The number of hydrogen-bond donors (Lipinski definition) is 1. The standard InChI is InChI=1S/C11H11N3O3S/c1-8-10(3-2-6-13-8)17-11-5-4-9(7-14-11)18(12,15)16/h2-7H,1H3,(H2,12,15,16). The van der Waals surface area contributed by atoms with Gasteiger partial charge >= 0.3 is 0 Å². The molecule has 18 heavy (non-hydrogen) atoms. The van der Waals surface area contributed by atoms with Gasteiger partial charge in [-0.2, -0.15) is 0 Å². The maximum Gasteiger partial charge on any atom is 0.239 e. The molecule has 7 heteroatoms. The molecule has 6 nitrogen and oxygen atoms in total. The van der Waals surface area contributed by atoms with E-state index in [-0.39, 0.29) is 10.8 Å². The Morgan fingerprint density at radius 1 is 1.22 bits per heavy atom. The molecule has 0 amide bonds. The van der Waals surface area contributed by atoms with Gasteiger partial charge in [-0.25, -0.2) is 18.5 Å². The normalized spacial score (nSPS) is 11.2. The Morgan fingerprint density at radius 2 is 2.00 bits per heavy atom. The number of aromatic nitrogens is 2. The van der Waals surface area contributed by atoms with Crippen LogP contribution in [-0.2, 0) is 10.0 Å². The van der Waals surface area contributed by atoms with Crippen molar-refractivity contribution in [2.24, 2.45) is 5.14 Å². The van der Waals surface area contributed by atoms with E-state index in [0.29, 0.717) is 5.75 Å². The third-order valence-corrected chi connectivity index (χ3v) is 3.11. The molecule has 2 heterocycles. The topological polar surface area (TPSA) is 95.2 Å². The Kier molecular flexibility index (Phi) is 3.26. The number of nitrogens with two attached hydrogens (primary N) is 1. The van der Waals surface area contributed by atoms with Gasteiger partial charge in [0.1, 0.15) is 4.90 Å². The predicted molar refractivity (Wildman–Crippen MR) is 64.7 cm³/mol. The molecule has 0 fully saturated rings. The van der Waals surface area contributed by atoms with Gasteiger partial charge in [0.25, 0.3) is 0 Å². The van der Waals surface area contributed by atoms with Crippen LogP contribution in [0.15, 0.2) is 41.6 Å². The molecular weight excluding hydrogens is 254 g/mol.